The van der Waals surface area contributed by atoms with E-state index in [4.69, 9.17) is 5.73 Å². The van der Waals surface area contributed by atoms with Gasteiger partial charge in [-0.25, -0.2) is 0 Å². The number of ketones is 1. The lowest BCUT2D eigenvalue weighted by molar-refractivity contribution is 0.101. The number of hydrogen-bond donors (Lipinski definition) is 1. The Labute approximate surface area is 158 Å². The lowest BCUT2D eigenvalue weighted by Gasteiger charge is -2.18. The van der Waals surface area contributed by atoms with Crippen LogP contribution in [0.4, 0.5) is 0 Å². The molecule has 2 N–H and O–H groups in total. The summed E-state index contributed by atoms with van der Waals surface area (Å²) in [6.07, 6.45) is 3.69. The third-order valence-corrected chi connectivity index (χ3v) is 4.11. The van der Waals surface area contributed by atoms with Crippen LogP contribution in [-0.2, 0) is 10.8 Å². The molecule has 0 aliphatic carbocycles. The second-order valence-electron chi connectivity index (χ2n) is 8.75. The number of nitrogens with zero attached hydrogens (tertiary/aromatic N) is 2. The van der Waals surface area contributed by atoms with E-state index < -0.39 is 0 Å². The van der Waals surface area contributed by atoms with Crippen molar-refractivity contribution in [3.8, 4) is 0 Å². The zero-order valence-electron chi connectivity index (χ0n) is 17.4. The van der Waals surface area contributed by atoms with Crippen molar-refractivity contribution in [2.75, 3.05) is 0 Å². The van der Waals surface area contributed by atoms with Crippen molar-refractivity contribution < 1.29 is 4.79 Å². The molecule has 4 nitrogen and oxygen atoms in total. The Hall–Kier alpha value is -2.07. The van der Waals surface area contributed by atoms with E-state index in [2.05, 4.69) is 57.6 Å². The van der Waals surface area contributed by atoms with Crippen LogP contribution in [0.2, 0.25) is 0 Å². The fraction of sp³-hybridized carbons (Fsp3) is 0.500. The topological polar surface area (TPSA) is 68.9 Å². The molecule has 0 saturated heterocycles. The van der Waals surface area contributed by atoms with Crippen LogP contribution < -0.4 is 5.73 Å². The van der Waals surface area contributed by atoms with Crippen LogP contribution >= 0.6 is 0 Å². The Bertz CT molecular complexity index is 703. The number of aromatic nitrogens is 2. The van der Waals surface area contributed by atoms with E-state index in [0.29, 0.717) is 5.69 Å². The Kier molecular flexibility index (Phi) is 7.22. The SMILES string of the molecule is CC(=O)c1ccc(C(C)(C)C)cn1.CC(N)c1ccc(C(C)(C)C)cn1. The largest absolute Gasteiger partial charge is 0.323 e. The molecule has 0 saturated carbocycles. The predicted molar refractivity (Wildman–Crippen MR) is 108 cm³/mol. The maximum atomic E-state index is 10.9. The fourth-order valence-electron chi connectivity index (χ4n) is 2.16. The highest BCUT2D eigenvalue weighted by molar-refractivity contribution is 5.91. The van der Waals surface area contributed by atoms with Crippen molar-refractivity contribution in [3.63, 3.8) is 0 Å². The van der Waals surface area contributed by atoms with Gasteiger partial charge in [0.1, 0.15) is 5.69 Å². The first-order valence-electron chi connectivity index (χ1n) is 9.02. The van der Waals surface area contributed by atoms with E-state index >= 15 is 0 Å². The lowest BCUT2D eigenvalue weighted by Crippen LogP contribution is -2.13. The molecule has 0 bridgehead atoms. The van der Waals surface area contributed by atoms with Gasteiger partial charge in [-0.05, 0) is 41.0 Å². The van der Waals surface area contributed by atoms with E-state index in [-0.39, 0.29) is 22.7 Å². The zero-order valence-corrected chi connectivity index (χ0v) is 17.4. The fourth-order valence-corrected chi connectivity index (χ4v) is 2.16. The van der Waals surface area contributed by atoms with Gasteiger partial charge in [0.05, 0.1) is 5.69 Å². The molecule has 142 valence electrons. The molecule has 4 heteroatoms. The summed E-state index contributed by atoms with van der Waals surface area (Å²) in [7, 11) is 0. The number of carbonyl (C=O) groups is 1. The van der Waals surface area contributed by atoms with Crippen molar-refractivity contribution in [2.24, 2.45) is 5.73 Å². The molecule has 0 aliphatic rings. The number of pyridine rings is 2. The smallest absolute Gasteiger partial charge is 0.178 e. The van der Waals surface area contributed by atoms with E-state index in [0.717, 1.165) is 11.3 Å². The van der Waals surface area contributed by atoms with Crippen molar-refractivity contribution in [1.29, 1.82) is 0 Å². The summed E-state index contributed by atoms with van der Waals surface area (Å²) >= 11 is 0. The molecule has 26 heavy (non-hydrogen) atoms. The Morgan fingerprint density at radius 3 is 1.62 bits per heavy atom. The molecule has 2 aromatic rings. The van der Waals surface area contributed by atoms with Gasteiger partial charge in [-0.1, -0.05) is 53.7 Å². The number of hydrogen-bond acceptors (Lipinski definition) is 4. The van der Waals surface area contributed by atoms with E-state index in [1.54, 1.807) is 12.3 Å². The zero-order chi connectivity index (χ0) is 20.1. The summed E-state index contributed by atoms with van der Waals surface area (Å²) in [5.41, 5.74) is 9.86. The minimum Gasteiger partial charge on any atom is -0.323 e. The minimum atomic E-state index is 0.0143. The Morgan fingerprint density at radius 1 is 0.885 bits per heavy atom. The highest BCUT2D eigenvalue weighted by atomic mass is 16.1. The average molecular weight is 356 g/mol. The van der Waals surface area contributed by atoms with Gasteiger partial charge in [0.15, 0.2) is 5.78 Å². The van der Waals surface area contributed by atoms with Crippen LogP contribution in [0, 0.1) is 0 Å². The van der Waals surface area contributed by atoms with Gasteiger partial charge in [-0.3, -0.25) is 14.8 Å². The Balaban J connectivity index is 0.000000260. The van der Waals surface area contributed by atoms with Crippen molar-refractivity contribution in [1.82, 2.24) is 9.97 Å². The van der Waals surface area contributed by atoms with Crippen molar-refractivity contribution in [3.05, 3.63) is 59.2 Å². The van der Waals surface area contributed by atoms with Crippen molar-refractivity contribution in [2.45, 2.75) is 72.3 Å². The summed E-state index contributed by atoms with van der Waals surface area (Å²) in [5, 5.41) is 0. The highest BCUT2D eigenvalue weighted by Crippen LogP contribution is 2.22. The first-order valence-corrected chi connectivity index (χ1v) is 9.02. The van der Waals surface area contributed by atoms with Gasteiger partial charge in [0.2, 0.25) is 0 Å². The van der Waals surface area contributed by atoms with Gasteiger partial charge >= 0.3 is 0 Å². The number of rotatable bonds is 2. The maximum absolute atomic E-state index is 10.9. The van der Waals surface area contributed by atoms with Gasteiger partial charge in [0.25, 0.3) is 0 Å². The standard InChI is InChI=1S/C11H18N2.C11H15NO/c1-8(12)10-6-5-9(7-13-10)11(2,3)4;1-8(13)10-6-5-9(7-12-10)11(2,3)4/h5-8H,12H2,1-4H3;5-7H,1-4H3. The van der Waals surface area contributed by atoms with Gasteiger partial charge < -0.3 is 5.73 Å². The lowest BCUT2D eigenvalue weighted by atomic mass is 9.88. The quantitative estimate of drug-likeness (QED) is 0.771. The number of nitrogens with two attached hydrogens (primary N) is 1. The molecule has 0 aromatic carbocycles. The summed E-state index contributed by atoms with van der Waals surface area (Å²) in [4.78, 5) is 19.4. The molecular weight excluding hydrogens is 322 g/mol. The summed E-state index contributed by atoms with van der Waals surface area (Å²) in [6.45, 7) is 16.4. The first kappa shape index (κ1) is 22.0. The molecule has 1 unspecified atom stereocenters. The van der Waals surface area contributed by atoms with E-state index in [1.165, 1.54) is 12.5 Å². The third-order valence-electron chi connectivity index (χ3n) is 4.11. The van der Waals surface area contributed by atoms with Crippen LogP contribution in [0.25, 0.3) is 0 Å². The number of carbonyl (C=O) groups excluding carboxylic acids is 1. The van der Waals surface area contributed by atoms with Crippen molar-refractivity contribution >= 4 is 5.78 Å². The molecule has 1 atom stereocenters. The van der Waals surface area contributed by atoms with Crippen LogP contribution in [0.15, 0.2) is 36.7 Å². The number of Topliss-reactive ketones (excluding diaryl/α,β-unsaturated/α-hetero) is 1. The Morgan fingerprint density at radius 2 is 1.35 bits per heavy atom. The summed E-state index contributed by atoms with van der Waals surface area (Å²) < 4.78 is 0. The average Bonchev–Trinajstić information content (AvgIpc) is 2.54. The van der Waals surface area contributed by atoms with Crippen LogP contribution in [0.1, 0.15) is 88.7 Å². The molecule has 2 rings (SSSR count). The predicted octanol–water partition coefficient (Wildman–Crippen LogP) is 4.98. The molecule has 0 amide bonds. The summed E-state index contributed by atoms with van der Waals surface area (Å²) in [5.74, 6) is 0.0143. The monoisotopic (exact) mass is 355 g/mol. The molecule has 0 fully saturated rings. The molecule has 0 radical (unpaired) electrons. The van der Waals surface area contributed by atoms with Crippen LogP contribution in [0.3, 0.4) is 0 Å². The van der Waals surface area contributed by atoms with Crippen LogP contribution in [-0.4, -0.2) is 15.8 Å². The van der Waals surface area contributed by atoms with Crippen LogP contribution in [0.5, 0.6) is 0 Å². The second kappa shape index (κ2) is 8.54. The molecule has 2 aromatic heterocycles. The minimum absolute atomic E-state index is 0.0143. The third kappa shape index (κ3) is 6.68. The first-order chi connectivity index (χ1) is 11.8. The molecular formula is C22H33N3O. The highest BCUT2D eigenvalue weighted by Gasteiger charge is 2.14. The maximum Gasteiger partial charge on any atom is 0.178 e. The van der Waals surface area contributed by atoms with Gasteiger partial charge in [0, 0.05) is 25.4 Å². The second-order valence-corrected chi connectivity index (χ2v) is 8.75. The normalized spacial score (nSPS) is 12.8. The molecule has 2 heterocycles. The van der Waals surface area contributed by atoms with E-state index in [9.17, 15) is 4.79 Å². The summed E-state index contributed by atoms with van der Waals surface area (Å²) in [6, 6.07) is 7.87. The van der Waals surface area contributed by atoms with E-state index in [1.807, 2.05) is 25.3 Å². The van der Waals surface area contributed by atoms with Gasteiger partial charge in [-0.2, -0.15) is 0 Å². The molecule has 0 aliphatic heterocycles. The van der Waals surface area contributed by atoms with Gasteiger partial charge in [-0.15, -0.1) is 0 Å². The molecule has 0 spiro atoms.